The number of ether oxygens (including phenoxy) is 1. The molecule has 2 aromatic carbocycles. The fraction of sp³-hybridized carbons (Fsp3) is 0.278. The molecular weight excluding hydrogens is 292 g/mol. The van der Waals surface area contributed by atoms with Gasteiger partial charge in [0.05, 0.1) is 6.04 Å². The first-order valence-electron chi connectivity index (χ1n) is 7.37. The van der Waals surface area contributed by atoms with Crippen LogP contribution in [-0.2, 0) is 0 Å². The molecule has 0 saturated carbocycles. The van der Waals surface area contributed by atoms with Crippen molar-refractivity contribution in [3.8, 4) is 5.75 Å². The average Bonchev–Trinajstić information content (AvgIpc) is 2.46. The van der Waals surface area contributed by atoms with E-state index in [9.17, 15) is 0 Å². The molecular formula is C18H22N2OS. The van der Waals surface area contributed by atoms with Gasteiger partial charge in [-0.1, -0.05) is 30.3 Å². The molecule has 22 heavy (non-hydrogen) atoms. The van der Waals surface area contributed by atoms with Crippen LogP contribution in [0, 0.1) is 13.8 Å². The highest BCUT2D eigenvalue weighted by molar-refractivity contribution is 7.80. The van der Waals surface area contributed by atoms with Gasteiger partial charge in [0.1, 0.15) is 12.4 Å². The van der Waals surface area contributed by atoms with E-state index in [1.807, 2.05) is 50.2 Å². The van der Waals surface area contributed by atoms with E-state index in [1.165, 1.54) is 5.56 Å². The zero-order valence-corrected chi connectivity index (χ0v) is 14.0. The Kier molecular flexibility index (Phi) is 5.78. The van der Waals surface area contributed by atoms with Crippen LogP contribution in [0.5, 0.6) is 5.75 Å². The van der Waals surface area contributed by atoms with E-state index in [0.29, 0.717) is 11.7 Å². The van der Waals surface area contributed by atoms with E-state index in [2.05, 4.69) is 29.7 Å². The smallest absolute Gasteiger partial charge is 0.171 e. The third-order valence-corrected chi connectivity index (χ3v) is 3.46. The van der Waals surface area contributed by atoms with E-state index in [1.54, 1.807) is 0 Å². The second-order valence-corrected chi connectivity index (χ2v) is 5.85. The Morgan fingerprint density at radius 1 is 1.14 bits per heavy atom. The number of anilines is 1. The van der Waals surface area contributed by atoms with Gasteiger partial charge < -0.3 is 15.4 Å². The van der Waals surface area contributed by atoms with Crippen LogP contribution in [-0.4, -0.2) is 17.8 Å². The van der Waals surface area contributed by atoms with Gasteiger partial charge in [-0.15, -0.1) is 0 Å². The molecule has 0 aliphatic heterocycles. The Hall–Kier alpha value is -2.07. The second kappa shape index (κ2) is 7.80. The highest BCUT2D eigenvalue weighted by Gasteiger charge is 2.06. The first-order valence-corrected chi connectivity index (χ1v) is 7.78. The van der Waals surface area contributed by atoms with Crippen molar-refractivity contribution in [2.75, 3.05) is 11.9 Å². The van der Waals surface area contributed by atoms with Gasteiger partial charge in [0, 0.05) is 5.69 Å². The van der Waals surface area contributed by atoms with Crippen molar-refractivity contribution >= 4 is 23.0 Å². The van der Waals surface area contributed by atoms with Crippen LogP contribution in [0.1, 0.15) is 18.1 Å². The number of benzene rings is 2. The van der Waals surface area contributed by atoms with Crippen LogP contribution in [0.15, 0.2) is 48.5 Å². The number of hydrogen-bond acceptors (Lipinski definition) is 2. The number of para-hydroxylation sites is 1. The minimum absolute atomic E-state index is 0.115. The number of hydrogen-bond donors (Lipinski definition) is 2. The number of rotatable bonds is 5. The fourth-order valence-electron chi connectivity index (χ4n) is 2.09. The van der Waals surface area contributed by atoms with E-state index >= 15 is 0 Å². The van der Waals surface area contributed by atoms with Crippen LogP contribution >= 0.6 is 12.2 Å². The molecule has 2 aromatic rings. The summed E-state index contributed by atoms with van der Waals surface area (Å²) >= 11 is 5.33. The highest BCUT2D eigenvalue weighted by atomic mass is 32.1. The standard InChI is InChI=1S/C18H22N2OS/c1-13-7-6-9-16(11-13)20-18(22)19-15(3)12-21-17-10-5-4-8-14(17)2/h4-11,15H,12H2,1-3H3,(H2,19,20,22)/t15-/m0/s1. The lowest BCUT2D eigenvalue weighted by Crippen LogP contribution is -2.39. The largest absolute Gasteiger partial charge is 0.491 e. The first kappa shape index (κ1) is 16.3. The number of nitrogens with one attached hydrogen (secondary N) is 2. The molecule has 3 nitrogen and oxygen atoms in total. The van der Waals surface area contributed by atoms with Crippen molar-refractivity contribution in [3.63, 3.8) is 0 Å². The lowest BCUT2D eigenvalue weighted by atomic mass is 10.2. The molecule has 0 aromatic heterocycles. The Morgan fingerprint density at radius 2 is 1.91 bits per heavy atom. The first-order chi connectivity index (χ1) is 10.5. The van der Waals surface area contributed by atoms with Crippen molar-refractivity contribution in [1.82, 2.24) is 5.32 Å². The Balaban J connectivity index is 1.80. The molecule has 1 atom stereocenters. The molecule has 0 fully saturated rings. The second-order valence-electron chi connectivity index (χ2n) is 5.45. The van der Waals surface area contributed by atoms with Crippen molar-refractivity contribution < 1.29 is 4.74 Å². The third kappa shape index (κ3) is 5.04. The lowest BCUT2D eigenvalue weighted by molar-refractivity contribution is 0.285. The number of thiocarbonyl (C=S) groups is 1. The summed E-state index contributed by atoms with van der Waals surface area (Å²) in [5.74, 6) is 0.911. The van der Waals surface area contributed by atoms with Crippen molar-refractivity contribution in [2.24, 2.45) is 0 Å². The Bertz CT molecular complexity index is 642. The molecule has 116 valence electrons. The molecule has 0 amide bonds. The predicted molar refractivity (Wildman–Crippen MR) is 96.7 cm³/mol. The highest BCUT2D eigenvalue weighted by Crippen LogP contribution is 2.16. The molecule has 0 aliphatic carbocycles. The normalized spacial score (nSPS) is 11.6. The average molecular weight is 314 g/mol. The van der Waals surface area contributed by atoms with Gasteiger partial charge in [-0.3, -0.25) is 0 Å². The predicted octanol–water partition coefficient (Wildman–Crippen LogP) is 4.06. The monoisotopic (exact) mass is 314 g/mol. The van der Waals surface area contributed by atoms with Crippen LogP contribution in [0.25, 0.3) is 0 Å². The lowest BCUT2D eigenvalue weighted by Gasteiger charge is -2.18. The summed E-state index contributed by atoms with van der Waals surface area (Å²) in [5, 5.41) is 7.02. The van der Waals surface area contributed by atoms with E-state index in [4.69, 9.17) is 17.0 Å². The Morgan fingerprint density at radius 3 is 2.64 bits per heavy atom. The molecule has 0 radical (unpaired) electrons. The summed E-state index contributed by atoms with van der Waals surface area (Å²) in [5.41, 5.74) is 3.32. The SMILES string of the molecule is Cc1cccc(NC(=S)N[C@@H](C)COc2ccccc2C)c1. The maximum atomic E-state index is 5.82. The van der Waals surface area contributed by atoms with Gasteiger partial charge in [0.25, 0.3) is 0 Å². The van der Waals surface area contributed by atoms with Gasteiger partial charge in [0.15, 0.2) is 5.11 Å². The summed E-state index contributed by atoms with van der Waals surface area (Å²) in [6, 6.07) is 16.2. The van der Waals surface area contributed by atoms with E-state index in [-0.39, 0.29) is 6.04 Å². The van der Waals surface area contributed by atoms with Crippen LogP contribution in [0.2, 0.25) is 0 Å². The third-order valence-electron chi connectivity index (χ3n) is 3.24. The fourth-order valence-corrected chi connectivity index (χ4v) is 2.41. The molecule has 2 rings (SSSR count). The Labute approximate surface area is 137 Å². The molecule has 0 aliphatic rings. The van der Waals surface area contributed by atoms with Crippen LogP contribution in [0.3, 0.4) is 0 Å². The maximum absolute atomic E-state index is 5.82. The maximum Gasteiger partial charge on any atom is 0.171 e. The number of aryl methyl sites for hydroxylation is 2. The molecule has 0 spiro atoms. The summed E-state index contributed by atoms with van der Waals surface area (Å²) in [4.78, 5) is 0. The molecule has 0 heterocycles. The summed E-state index contributed by atoms with van der Waals surface area (Å²) in [6.07, 6.45) is 0. The molecule has 0 bridgehead atoms. The van der Waals surface area contributed by atoms with E-state index in [0.717, 1.165) is 17.0 Å². The van der Waals surface area contributed by atoms with Crippen molar-refractivity contribution in [1.29, 1.82) is 0 Å². The topological polar surface area (TPSA) is 33.3 Å². The van der Waals surface area contributed by atoms with Crippen molar-refractivity contribution in [3.05, 3.63) is 59.7 Å². The zero-order valence-electron chi connectivity index (χ0n) is 13.2. The minimum atomic E-state index is 0.115. The van der Waals surface area contributed by atoms with Gasteiger partial charge in [-0.05, 0) is 62.3 Å². The van der Waals surface area contributed by atoms with Gasteiger partial charge in [-0.25, -0.2) is 0 Å². The minimum Gasteiger partial charge on any atom is -0.491 e. The molecule has 4 heteroatoms. The van der Waals surface area contributed by atoms with Crippen LogP contribution in [0.4, 0.5) is 5.69 Å². The van der Waals surface area contributed by atoms with Crippen molar-refractivity contribution in [2.45, 2.75) is 26.8 Å². The van der Waals surface area contributed by atoms with E-state index < -0.39 is 0 Å². The van der Waals surface area contributed by atoms with Crippen LogP contribution < -0.4 is 15.4 Å². The zero-order chi connectivity index (χ0) is 15.9. The molecule has 0 saturated heterocycles. The summed E-state index contributed by atoms with van der Waals surface area (Å²) in [7, 11) is 0. The van der Waals surface area contributed by atoms with Gasteiger partial charge in [-0.2, -0.15) is 0 Å². The van der Waals surface area contributed by atoms with Gasteiger partial charge >= 0.3 is 0 Å². The summed E-state index contributed by atoms with van der Waals surface area (Å²) < 4.78 is 5.82. The summed E-state index contributed by atoms with van der Waals surface area (Å²) in [6.45, 7) is 6.70. The molecule has 2 N–H and O–H groups in total. The quantitative estimate of drug-likeness (QED) is 0.816. The van der Waals surface area contributed by atoms with Gasteiger partial charge in [0.2, 0.25) is 0 Å². The molecule has 0 unspecified atom stereocenters.